The largest absolute Gasteiger partial charge is 0.355 e. The number of carbonyl (C=O) groups excluding carboxylic acids is 2. The summed E-state index contributed by atoms with van der Waals surface area (Å²) in [6.45, 7) is 9.20. The summed E-state index contributed by atoms with van der Waals surface area (Å²) < 4.78 is 1.59. The molecule has 146 valence electrons. The van der Waals surface area contributed by atoms with Gasteiger partial charge in [-0.25, -0.2) is 4.98 Å². The zero-order valence-corrected chi connectivity index (χ0v) is 17.4. The van der Waals surface area contributed by atoms with E-state index in [9.17, 15) is 14.4 Å². The first kappa shape index (κ1) is 20.1. The number of para-hydroxylation sites is 1. The van der Waals surface area contributed by atoms with Crippen molar-refractivity contribution >= 4 is 34.2 Å². The van der Waals surface area contributed by atoms with Gasteiger partial charge in [0.25, 0.3) is 5.56 Å². The topological polar surface area (TPSA) is 84.8 Å². The van der Waals surface area contributed by atoms with Gasteiger partial charge in [-0.15, -0.1) is 0 Å². The summed E-state index contributed by atoms with van der Waals surface area (Å²) in [6, 6.07) is 7.20. The van der Waals surface area contributed by atoms with Crippen LogP contribution in [0.5, 0.6) is 0 Å². The molecule has 28 heavy (non-hydrogen) atoms. The molecule has 3 rings (SSSR count). The minimum absolute atomic E-state index is 0.0679. The molecule has 0 fully saturated rings. The van der Waals surface area contributed by atoms with Crippen LogP contribution < -0.4 is 5.56 Å². The predicted molar refractivity (Wildman–Crippen MR) is 112 cm³/mol. The lowest BCUT2D eigenvalue weighted by Crippen LogP contribution is -2.24. The van der Waals surface area contributed by atoms with Crippen molar-refractivity contribution in [1.82, 2.24) is 14.5 Å². The first-order valence-corrected chi connectivity index (χ1v) is 10.0. The van der Waals surface area contributed by atoms with Gasteiger partial charge in [0.05, 0.1) is 21.8 Å². The summed E-state index contributed by atoms with van der Waals surface area (Å²) in [5.41, 5.74) is 2.87. The van der Waals surface area contributed by atoms with E-state index in [0.29, 0.717) is 45.1 Å². The maximum Gasteiger partial charge on any atom is 0.262 e. The molecule has 3 aromatic rings. The van der Waals surface area contributed by atoms with Crippen molar-refractivity contribution in [2.24, 2.45) is 0 Å². The Labute approximate surface area is 167 Å². The van der Waals surface area contributed by atoms with Gasteiger partial charge in [-0.3, -0.25) is 19.0 Å². The van der Waals surface area contributed by atoms with Gasteiger partial charge in [0.15, 0.2) is 16.7 Å². The molecule has 6 nitrogen and oxygen atoms in total. The Morgan fingerprint density at radius 3 is 2.54 bits per heavy atom. The van der Waals surface area contributed by atoms with Crippen LogP contribution in [0, 0.1) is 13.8 Å². The van der Waals surface area contributed by atoms with Gasteiger partial charge < -0.3 is 4.98 Å². The standard InChI is InChI=1S/C21H23N3O3S/c1-6-24-20(27)15-9-7-8-10-16(15)23-21(24)28-14(5)19(26)18-11(2)17(13(4)25)12(3)22-18/h7-10,14,22H,6H2,1-5H3. The Kier molecular flexibility index (Phi) is 5.56. The number of aryl methyl sites for hydroxylation is 1. The number of rotatable bonds is 6. The first-order valence-electron chi connectivity index (χ1n) is 9.16. The fourth-order valence-corrected chi connectivity index (χ4v) is 4.49. The van der Waals surface area contributed by atoms with Crippen LogP contribution in [0.4, 0.5) is 0 Å². The molecule has 7 heteroatoms. The van der Waals surface area contributed by atoms with Crippen LogP contribution in [0.3, 0.4) is 0 Å². The number of nitrogens with zero attached hydrogens (tertiary/aromatic N) is 2. The second-order valence-electron chi connectivity index (χ2n) is 6.77. The highest BCUT2D eigenvalue weighted by Crippen LogP contribution is 2.27. The number of benzene rings is 1. The Morgan fingerprint density at radius 1 is 1.25 bits per heavy atom. The third-order valence-corrected chi connectivity index (χ3v) is 5.92. The van der Waals surface area contributed by atoms with Gasteiger partial charge >= 0.3 is 0 Å². The summed E-state index contributed by atoms with van der Waals surface area (Å²) in [5, 5.41) is 0.608. The maximum atomic E-state index is 13.0. The van der Waals surface area contributed by atoms with Crippen LogP contribution in [0.2, 0.25) is 0 Å². The third kappa shape index (κ3) is 3.42. The molecule has 0 saturated carbocycles. The van der Waals surface area contributed by atoms with E-state index in [1.54, 1.807) is 37.5 Å². The van der Waals surface area contributed by atoms with Gasteiger partial charge in [-0.2, -0.15) is 0 Å². The summed E-state index contributed by atoms with van der Waals surface area (Å²) in [4.78, 5) is 45.3. The summed E-state index contributed by atoms with van der Waals surface area (Å²) in [6.07, 6.45) is 0. The number of carbonyl (C=O) groups is 2. The van der Waals surface area contributed by atoms with Crippen molar-refractivity contribution in [3.63, 3.8) is 0 Å². The zero-order chi connectivity index (χ0) is 20.6. The Bertz CT molecular complexity index is 1140. The van der Waals surface area contributed by atoms with Gasteiger partial charge in [-0.05, 0) is 52.3 Å². The number of ketones is 2. The molecule has 2 heterocycles. The molecule has 0 aliphatic heterocycles. The predicted octanol–water partition coefficient (Wildman–Crippen LogP) is 3.93. The molecular weight excluding hydrogens is 374 g/mol. The van der Waals surface area contributed by atoms with E-state index in [2.05, 4.69) is 9.97 Å². The fourth-order valence-electron chi connectivity index (χ4n) is 3.46. The number of fused-ring (bicyclic) bond motifs is 1. The van der Waals surface area contributed by atoms with Gasteiger partial charge in [0, 0.05) is 17.8 Å². The minimum atomic E-state index is -0.470. The monoisotopic (exact) mass is 397 g/mol. The van der Waals surface area contributed by atoms with Crippen LogP contribution in [0.15, 0.2) is 34.2 Å². The molecule has 1 unspecified atom stereocenters. The number of aromatic amines is 1. The van der Waals surface area contributed by atoms with Crippen LogP contribution in [-0.2, 0) is 6.54 Å². The van der Waals surface area contributed by atoms with Crippen molar-refractivity contribution in [2.45, 2.75) is 51.6 Å². The Hall–Kier alpha value is -2.67. The highest BCUT2D eigenvalue weighted by Gasteiger charge is 2.25. The molecule has 0 amide bonds. The number of H-pyrrole nitrogens is 1. The van der Waals surface area contributed by atoms with E-state index in [0.717, 1.165) is 0 Å². The molecule has 1 atom stereocenters. The average molecular weight is 398 g/mol. The Morgan fingerprint density at radius 2 is 1.93 bits per heavy atom. The minimum Gasteiger partial charge on any atom is -0.355 e. The zero-order valence-electron chi connectivity index (χ0n) is 16.6. The van der Waals surface area contributed by atoms with E-state index in [1.807, 2.05) is 19.1 Å². The van der Waals surface area contributed by atoms with Crippen LogP contribution in [0.25, 0.3) is 10.9 Å². The molecule has 0 aliphatic rings. The highest BCUT2D eigenvalue weighted by atomic mass is 32.2. The van der Waals surface area contributed by atoms with E-state index < -0.39 is 5.25 Å². The first-order chi connectivity index (χ1) is 13.3. The van der Waals surface area contributed by atoms with Gasteiger partial charge in [0.2, 0.25) is 0 Å². The number of thioether (sulfide) groups is 1. The summed E-state index contributed by atoms with van der Waals surface area (Å²) in [5.74, 6) is -0.190. The smallest absolute Gasteiger partial charge is 0.262 e. The maximum absolute atomic E-state index is 13.0. The normalized spacial score (nSPS) is 12.3. The number of hydrogen-bond donors (Lipinski definition) is 1. The lowest BCUT2D eigenvalue weighted by Gasteiger charge is -2.14. The van der Waals surface area contributed by atoms with E-state index in [1.165, 1.54) is 18.7 Å². The fraction of sp³-hybridized carbons (Fsp3) is 0.333. The highest BCUT2D eigenvalue weighted by molar-refractivity contribution is 8.00. The number of aromatic nitrogens is 3. The number of Topliss-reactive ketones (excluding diaryl/α,β-unsaturated/α-hetero) is 2. The van der Waals surface area contributed by atoms with Gasteiger partial charge in [-0.1, -0.05) is 23.9 Å². The quantitative estimate of drug-likeness (QED) is 0.387. The van der Waals surface area contributed by atoms with Crippen molar-refractivity contribution < 1.29 is 9.59 Å². The molecule has 2 aromatic heterocycles. The molecule has 0 radical (unpaired) electrons. The van der Waals surface area contributed by atoms with E-state index in [4.69, 9.17) is 0 Å². The molecule has 1 aromatic carbocycles. The van der Waals surface area contributed by atoms with E-state index in [-0.39, 0.29) is 17.1 Å². The molecule has 0 aliphatic carbocycles. The lowest BCUT2D eigenvalue weighted by molar-refractivity contribution is 0.0988. The molecule has 0 spiro atoms. The SMILES string of the molecule is CCn1c(SC(C)C(=O)c2[nH]c(C)c(C(C)=O)c2C)nc2ccccc2c1=O. The van der Waals surface area contributed by atoms with E-state index >= 15 is 0 Å². The average Bonchev–Trinajstić information content (AvgIpc) is 2.95. The van der Waals surface area contributed by atoms with Gasteiger partial charge in [0.1, 0.15) is 0 Å². The third-order valence-electron chi connectivity index (χ3n) is 4.83. The summed E-state index contributed by atoms with van der Waals surface area (Å²) in [7, 11) is 0. The molecule has 0 saturated heterocycles. The second kappa shape index (κ2) is 7.75. The molecule has 0 bridgehead atoms. The van der Waals surface area contributed by atoms with Crippen LogP contribution in [0.1, 0.15) is 52.9 Å². The second-order valence-corrected chi connectivity index (χ2v) is 8.07. The van der Waals surface area contributed by atoms with Crippen molar-refractivity contribution in [2.75, 3.05) is 0 Å². The van der Waals surface area contributed by atoms with Crippen LogP contribution in [-0.4, -0.2) is 31.4 Å². The molecule has 1 N–H and O–H groups in total. The van der Waals surface area contributed by atoms with Crippen molar-refractivity contribution in [1.29, 1.82) is 0 Å². The van der Waals surface area contributed by atoms with Crippen molar-refractivity contribution in [3.05, 3.63) is 57.1 Å². The lowest BCUT2D eigenvalue weighted by atomic mass is 10.0. The Balaban J connectivity index is 1.98. The number of hydrogen-bond acceptors (Lipinski definition) is 5. The molecular formula is C21H23N3O3S. The number of nitrogens with one attached hydrogen (secondary N) is 1. The summed E-state index contributed by atoms with van der Waals surface area (Å²) >= 11 is 1.26. The van der Waals surface area contributed by atoms with Crippen molar-refractivity contribution in [3.8, 4) is 0 Å². The van der Waals surface area contributed by atoms with Crippen LogP contribution >= 0.6 is 11.8 Å².